The van der Waals surface area contributed by atoms with Gasteiger partial charge in [0.2, 0.25) is 0 Å². The van der Waals surface area contributed by atoms with Crippen LogP contribution in [0.2, 0.25) is 0 Å². The van der Waals surface area contributed by atoms with Crippen molar-refractivity contribution in [3.8, 4) is 0 Å². The molecule has 0 aromatic carbocycles. The number of aryl methyl sites for hydroxylation is 2. The maximum Gasteiger partial charge on any atom is 0.306 e. The molecule has 1 aliphatic rings. The van der Waals surface area contributed by atoms with Crippen LogP contribution in [0, 0.1) is 13.8 Å². The summed E-state index contributed by atoms with van der Waals surface area (Å²) in [6, 6.07) is 0. The van der Waals surface area contributed by atoms with Gasteiger partial charge >= 0.3 is 11.9 Å². The van der Waals surface area contributed by atoms with Crippen molar-refractivity contribution in [2.24, 2.45) is 0 Å². The highest BCUT2D eigenvalue weighted by atomic mass is 31.2. The Hall–Kier alpha value is -2.01. The van der Waals surface area contributed by atoms with E-state index in [4.69, 9.17) is 27.7 Å². The number of unbranched alkanes of at least 4 members (excludes halogenated alkanes) is 12. The van der Waals surface area contributed by atoms with Gasteiger partial charge in [0.15, 0.2) is 6.10 Å². The molecule has 1 aromatic heterocycles. The Labute approximate surface area is 339 Å². The molecule has 2 rings (SSSR count). The molecule has 1 aliphatic heterocycles. The van der Waals surface area contributed by atoms with E-state index in [0.29, 0.717) is 36.1 Å². The van der Waals surface area contributed by atoms with Crippen LogP contribution in [0.4, 0.5) is 0 Å². The van der Waals surface area contributed by atoms with Gasteiger partial charge in [0.05, 0.1) is 40.0 Å². The fourth-order valence-electron chi connectivity index (χ4n) is 6.59. The number of allylic oxidation sites excluding steroid dienone is 1. The Morgan fingerprint density at radius 3 is 2.04 bits per heavy atom. The van der Waals surface area contributed by atoms with E-state index in [1.54, 1.807) is 0 Å². The van der Waals surface area contributed by atoms with Crippen molar-refractivity contribution < 1.29 is 51.2 Å². The van der Waals surface area contributed by atoms with E-state index in [1.807, 2.05) is 21.1 Å². The van der Waals surface area contributed by atoms with Crippen molar-refractivity contribution in [3.05, 3.63) is 34.8 Å². The monoisotopic (exact) mass is 812 g/mol. The molecule has 56 heavy (non-hydrogen) atoms. The van der Waals surface area contributed by atoms with Gasteiger partial charge in [-0.05, 0) is 76.3 Å². The highest BCUT2D eigenvalue weighted by molar-refractivity contribution is 7.45. The number of furan rings is 1. The molecule has 324 valence electrons. The summed E-state index contributed by atoms with van der Waals surface area (Å²) in [6.45, 7) is 8.32. The first-order valence-electron chi connectivity index (χ1n) is 21.9. The number of hydrogen-bond donors (Lipinski definition) is 0. The number of epoxide rings is 1. The van der Waals surface area contributed by atoms with Crippen LogP contribution in [-0.4, -0.2) is 82.2 Å². The molecule has 12 heteroatoms. The average molecular weight is 812 g/mol. The summed E-state index contributed by atoms with van der Waals surface area (Å²) in [6.07, 6.45) is 25.4. The molecule has 11 nitrogen and oxygen atoms in total. The molecule has 0 radical (unpaired) electrons. The second-order valence-corrected chi connectivity index (χ2v) is 18.1. The molecule has 0 spiro atoms. The molecular weight excluding hydrogens is 733 g/mol. The molecule has 1 aromatic rings. The molecule has 0 saturated carbocycles. The Morgan fingerprint density at radius 2 is 1.38 bits per heavy atom. The predicted molar refractivity (Wildman–Crippen MR) is 220 cm³/mol. The fraction of sp³-hybridized carbons (Fsp3) is 0.818. The van der Waals surface area contributed by atoms with E-state index in [0.717, 1.165) is 108 Å². The largest absolute Gasteiger partial charge is 0.756 e. The molecule has 0 N–H and O–H groups in total. The molecule has 4 atom stereocenters. The van der Waals surface area contributed by atoms with Gasteiger partial charge in [0.1, 0.15) is 31.3 Å². The lowest BCUT2D eigenvalue weighted by Gasteiger charge is -2.28. The molecule has 0 bridgehead atoms. The zero-order valence-electron chi connectivity index (χ0n) is 36.2. The Bertz CT molecular complexity index is 1310. The minimum Gasteiger partial charge on any atom is -0.756 e. The van der Waals surface area contributed by atoms with Crippen LogP contribution in [0.5, 0.6) is 0 Å². The summed E-state index contributed by atoms with van der Waals surface area (Å²) < 4.78 is 45.9. The maximum absolute atomic E-state index is 12.7. The lowest BCUT2D eigenvalue weighted by molar-refractivity contribution is -0.870. The lowest BCUT2D eigenvalue weighted by Crippen LogP contribution is -2.37. The van der Waals surface area contributed by atoms with Gasteiger partial charge in [-0.15, -0.1) is 0 Å². The summed E-state index contributed by atoms with van der Waals surface area (Å²) in [4.78, 5) is 37.7. The van der Waals surface area contributed by atoms with E-state index in [9.17, 15) is 19.0 Å². The van der Waals surface area contributed by atoms with Gasteiger partial charge < -0.3 is 37.1 Å². The lowest BCUT2D eigenvalue weighted by atomic mass is 10.0. The average Bonchev–Trinajstić information content (AvgIpc) is 3.84. The summed E-state index contributed by atoms with van der Waals surface area (Å²) in [5, 5.41) is 0. The highest BCUT2D eigenvalue weighted by Gasteiger charge is 2.36. The van der Waals surface area contributed by atoms with Gasteiger partial charge in [-0.25, -0.2) is 0 Å². The summed E-state index contributed by atoms with van der Waals surface area (Å²) in [7, 11) is 1.12. The number of esters is 2. The first kappa shape index (κ1) is 50.1. The Morgan fingerprint density at radius 1 is 0.750 bits per heavy atom. The second-order valence-electron chi connectivity index (χ2n) is 16.7. The summed E-state index contributed by atoms with van der Waals surface area (Å²) in [5.41, 5.74) is 2.57. The number of carbonyl (C=O) groups is 2. The number of carbonyl (C=O) groups excluding carboxylic acids is 2. The van der Waals surface area contributed by atoms with Crippen LogP contribution in [0.15, 0.2) is 16.6 Å². The van der Waals surface area contributed by atoms with Crippen LogP contribution in [0.3, 0.4) is 0 Å². The minimum atomic E-state index is -4.65. The van der Waals surface area contributed by atoms with Gasteiger partial charge in [-0.3, -0.25) is 14.2 Å². The summed E-state index contributed by atoms with van der Waals surface area (Å²) >= 11 is 0. The minimum absolute atomic E-state index is 0.0441. The first-order valence-corrected chi connectivity index (χ1v) is 23.3. The van der Waals surface area contributed by atoms with Crippen LogP contribution in [0.1, 0.15) is 165 Å². The van der Waals surface area contributed by atoms with E-state index >= 15 is 0 Å². The predicted octanol–water partition coefficient (Wildman–Crippen LogP) is 9.81. The van der Waals surface area contributed by atoms with Crippen molar-refractivity contribution in [1.29, 1.82) is 0 Å². The van der Waals surface area contributed by atoms with Crippen molar-refractivity contribution in [2.75, 3.05) is 47.5 Å². The molecule has 0 aliphatic carbocycles. The van der Waals surface area contributed by atoms with E-state index in [-0.39, 0.29) is 26.1 Å². The van der Waals surface area contributed by atoms with Crippen molar-refractivity contribution in [2.45, 2.75) is 187 Å². The van der Waals surface area contributed by atoms with Crippen molar-refractivity contribution in [1.82, 2.24) is 0 Å². The topological polar surface area (TPSA) is 137 Å². The van der Waals surface area contributed by atoms with Gasteiger partial charge in [0, 0.05) is 25.7 Å². The smallest absolute Gasteiger partial charge is 0.306 e. The van der Waals surface area contributed by atoms with E-state index in [2.05, 4.69) is 39.8 Å². The van der Waals surface area contributed by atoms with Crippen LogP contribution >= 0.6 is 7.82 Å². The standard InChI is InChI=1S/C44H78NO10P/c1-8-10-11-12-16-22-28-41-42(55-41)29-23-18-15-20-24-30-43(46)50-34-38(35-52-56(48,49)51-33-32-45(5,6)7)53-44(47)31-25-19-14-13-17-21-27-40-37(4)36(3)39(54-40)26-9-2/h16,22,38,41-42H,8-15,17-21,23-35H2,1-7H3/b22-16-/t38-,41?,42?/m1/s1. The van der Waals surface area contributed by atoms with E-state index < -0.39 is 32.5 Å². The third-order valence-electron chi connectivity index (χ3n) is 10.4. The molecule has 2 heterocycles. The highest BCUT2D eigenvalue weighted by Crippen LogP contribution is 2.38. The third kappa shape index (κ3) is 24.0. The van der Waals surface area contributed by atoms with E-state index in [1.165, 1.54) is 30.4 Å². The number of rotatable bonds is 35. The number of nitrogens with zero attached hydrogens (tertiary/aromatic N) is 1. The normalized spacial score (nSPS) is 17.3. The van der Waals surface area contributed by atoms with Crippen molar-refractivity contribution in [3.63, 3.8) is 0 Å². The first-order chi connectivity index (χ1) is 26.7. The fourth-order valence-corrected chi connectivity index (χ4v) is 7.32. The van der Waals surface area contributed by atoms with Crippen molar-refractivity contribution >= 4 is 19.8 Å². The number of quaternary nitrogens is 1. The Kier molecular flexibility index (Phi) is 25.4. The van der Waals surface area contributed by atoms with Crippen LogP contribution in [-0.2, 0) is 50.3 Å². The number of phosphoric ester groups is 1. The number of likely N-dealkylation sites (N-methyl/N-ethyl adjacent to an activating group) is 1. The molecule has 0 amide bonds. The van der Waals surface area contributed by atoms with Crippen LogP contribution in [0.25, 0.3) is 0 Å². The number of phosphoric acid groups is 1. The molecule has 1 fully saturated rings. The SMILES string of the molecule is CCCCC/C=C\CC1OC1CCCCCCCC(=O)OC[C@H](COP(=O)([O-])OCC[N+](C)(C)C)OC(=O)CCCCCCCCc1oc(CCC)c(C)c1C. The second kappa shape index (κ2) is 28.4. The molecule has 3 unspecified atom stereocenters. The third-order valence-corrected chi connectivity index (χ3v) is 11.3. The van der Waals surface area contributed by atoms with Crippen LogP contribution < -0.4 is 4.89 Å². The van der Waals surface area contributed by atoms with Gasteiger partial charge in [-0.1, -0.05) is 90.2 Å². The zero-order chi connectivity index (χ0) is 41.2. The summed E-state index contributed by atoms with van der Waals surface area (Å²) in [5.74, 6) is 1.34. The zero-order valence-corrected chi connectivity index (χ0v) is 37.1. The quantitative estimate of drug-likeness (QED) is 0.0163. The molecule has 1 saturated heterocycles. The number of hydrogen-bond acceptors (Lipinski definition) is 10. The number of ether oxygens (including phenoxy) is 3. The Balaban J connectivity index is 1.65. The van der Waals surface area contributed by atoms with Gasteiger partial charge in [0.25, 0.3) is 7.82 Å². The maximum atomic E-state index is 12.7. The molecular formula is C44H78NO10P. The van der Waals surface area contributed by atoms with Gasteiger partial charge in [-0.2, -0.15) is 0 Å².